The summed E-state index contributed by atoms with van der Waals surface area (Å²) in [5.41, 5.74) is 0.718. The first-order valence-electron chi connectivity index (χ1n) is 4.94. The van der Waals surface area contributed by atoms with Crippen molar-refractivity contribution in [3.8, 4) is 6.07 Å². The summed E-state index contributed by atoms with van der Waals surface area (Å²) in [7, 11) is 0. The predicted octanol–water partition coefficient (Wildman–Crippen LogP) is 4.13. The molecule has 0 aromatic heterocycles. The lowest BCUT2D eigenvalue weighted by Gasteiger charge is -2.17. The largest absolute Gasteiger partial charge is 0.207 e. The maximum atomic E-state index is 12.8. The molecule has 0 bridgehead atoms. The van der Waals surface area contributed by atoms with Gasteiger partial charge >= 0.3 is 0 Å². The van der Waals surface area contributed by atoms with Gasteiger partial charge in [0.1, 0.15) is 5.82 Å². The second-order valence-corrected chi connectivity index (χ2v) is 4.07. The predicted molar refractivity (Wildman–Crippen MR) is 59.2 cm³/mol. The van der Waals surface area contributed by atoms with Gasteiger partial charge in [-0.1, -0.05) is 37.9 Å². The highest BCUT2D eigenvalue weighted by Crippen LogP contribution is 2.31. The molecule has 0 heterocycles. The minimum Gasteiger partial charge on any atom is -0.207 e. The molecule has 2 unspecified atom stereocenters. The maximum absolute atomic E-state index is 12.8. The molecule has 0 amide bonds. The average Bonchev–Trinajstić information content (AvgIpc) is 2.21. The molecule has 1 rings (SSSR count). The van der Waals surface area contributed by atoms with E-state index in [0.717, 1.165) is 12.0 Å². The van der Waals surface area contributed by atoms with Gasteiger partial charge in [-0.05, 0) is 23.6 Å². The fraction of sp³-hybridized carbons (Fsp3) is 0.417. The Morgan fingerprint density at radius 2 is 2.20 bits per heavy atom. The Morgan fingerprint density at radius 1 is 1.53 bits per heavy atom. The summed E-state index contributed by atoms with van der Waals surface area (Å²) in [4.78, 5) is 0. The molecule has 0 aliphatic heterocycles. The lowest BCUT2D eigenvalue weighted by Crippen LogP contribution is -2.07. The second kappa shape index (κ2) is 5.14. The molecule has 0 radical (unpaired) electrons. The van der Waals surface area contributed by atoms with Crippen LogP contribution in [-0.2, 0) is 0 Å². The highest BCUT2D eigenvalue weighted by atomic mass is 35.5. The zero-order chi connectivity index (χ0) is 11.4. The second-order valence-electron chi connectivity index (χ2n) is 3.66. The molecule has 80 valence electrons. The van der Waals surface area contributed by atoms with E-state index >= 15 is 0 Å². The SMILES string of the molecule is CCC(C)C(C#N)c1ccc(F)cc1Cl. The fourth-order valence-electron chi connectivity index (χ4n) is 1.49. The Bertz CT molecular complexity index is 384. The van der Waals surface area contributed by atoms with Crippen LogP contribution in [0.25, 0.3) is 0 Å². The highest BCUT2D eigenvalue weighted by molar-refractivity contribution is 6.31. The first-order valence-corrected chi connectivity index (χ1v) is 5.32. The summed E-state index contributed by atoms with van der Waals surface area (Å²) in [6.45, 7) is 4.01. The van der Waals surface area contributed by atoms with Crippen LogP contribution < -0.4 is 0 Å². The van der Waals surface area contributed by atoms with Crippen molar-refractivity contribution in [2.24, 2.45) is 5.92 Å². The Morgan fingerprint density at radius 3 is 2.67 bits per heavy atom. The van der Waals surface area contributed by atoms with Crippen LogP contribution in [-0.4, -0.2) is 0 Å². The molecule has 0 aliphatic rings. The molecule has 0 saturated carbocycles. The molecule has 15 heavy (non-hydrogen) atoms. The van der Waals surface area contributed by atoms with Gasteiger partial charge in [0.2, 0.25) is 0 Å². The van der Waals surface area contributed by atoms with Crippen molar-refractivity contribution >= 4 is 11.6 Å². The third-order valence-corrected chi connectivity index (χ3v) is 2.98. The maximum Gasteiger partial charge on any atom is 0.124 e. The van der Waals surface area contributed by atoms with Gasteiger partial charge in [-0.25, -0.2) is 4.39 Å². The zero-order valence-electron chi connectivity index (χ0n) is 8.80. The van der Waals surface area contributed by atoms with E-state index in [1.807, 2.05) is 13.8 Å². The molecule has 0 spiro atoms. The third kappa shape index (κ3) is 2.70. The lowest BCUT2D eigenvalue weighted by atomic mass is 9.87. The van der Waals surface area contributed by atoms with Crippen molar-refractivity contribution < 1.29 is 4.39 Å². The van der Waals surface area contributed by atoms with Crippen LogP contribution in [0.5, 0.6) is 0 Å². The van der Waals surface area contributed by atoms with Gasteiger partial charge in [0.15, 0.2) is 0 Å². The molecule has 0 saturated heterocycles. The number of nitriles is 1. The Hall–Kier alpha value is -1.07. The van der Waals surface area contributed by atoms with Gasteiger partial charge in [-0.15, -0.1) is 0 Å². The topological polar surface area (TPSA) is 23.8 Å². The van der Waals surface area contributed by atoms with Crippen LogP contribution >= 0.6 is 11.6 Å². The van der Waals surface area contributed by atoms with E-state index in [-0.39, 0.29) is 17.7 Å². The molecule has 0 N–H and O–H groups in total. The molecule has 0 fully saturated rings. The number of hydrogen-bond acceptors (Lipinski definition) is 1. The van der Waals surface area contributed by atoms with Crippen LogP contribution in [0.4, 0.5) is 4.39 Å². The average molecular weight is 226 g/mol. The summed E-state index contributed by atoms with van der Waals surface area (Å²) in [5.74, 6) is -0.411. The quantitative estimate of drug-likeness (QED) is 0.759. The Balaban J connectivity index is 3.09. The molecular weight excluding hydrogens is 213 g/mol. The van der Waals surface area contributed by atoms with E-state index in [0.29, 0.717) is 5.02 Å². The van der Waals surface area contributed by atoms with E-state index < -0.39 is 0 Å². The molecule has 1 nitrogen and oxygen atoms in total. The number of halogens is 2. The van der Waals surface area contributed by atoms with E-state index in [1.54, 1.807) is 6.07 Å². The summed E-state index contributed by atoms with van der Waals surface area (Å²) < 4.78 is 12.8. The summed E-state index contributed by atoms with van der Waals surface area (Å²) in [6, 6.07) is 6.41. The van der Waals surface area contributed by atoms with Crippen molar-refractivity contribution in [2.45, 2.75) is 26.2 Å². The minimum absolute atomic E-state index is 0.220. The Kier molecular flexibility index (Phi) is 4.11. The van der Waals surface area contributed by atoms with Gasteiger partial charge < -0.3 is 0 Å². The standard InChI is InChI=1S/C12H13ClFN/c1-3-8(2)11(7-15)10-5-4-9(14)6-12(10)13/h4-6,8,11H,3H2,1-2H3. The van der Waals surface area contributed by atoms with Crippen molar-refractivity contribution in [3.63, 3.8) is 0 Å². The van der Waals surface area contributed by atoms with E-state index in [9.17, 15) is 4.39 Å². The van der Waals surface area contributed by atoms with Crippen LogP contribution in [0, 0.1) is 23.1 Å². The number of nitrogens with zero attached hydrogens (tertiary/aromatic N) is 1. The number of hydrogen-bond donors (Lipinski definition) is 0. The summed E-state index contributed by atoms with van der Waals surface area (Å²) >= 11 is 5.91. The number of rotatable bonds is 3. The van der Waals surface area contributed by atoms with Gasteiger partial charge in [-0.3, -0.25) is 0 Å². The van der Waals surface area contributed by atoms with Crippen LogP contribution in [0.2, 0.25) is 5.02 Å². The van der Waals surface area contributed by atoms with Gasteiger partial charge in [0.05, 0.1) is 12.0 Å². The summed E-state index contributed by atoms with van der Waals surface area (Å²) in [5, 5.41) is 9.41. The summed E-state index contributed by atoms with van der Waals surface area (Å²) in [6.07, 6.45) is 0.895. The molecule has 1 aromatic rings. The molecule has 3 heteroatoms. The highest BCUT2D eigenvalue weighted by Gasteiger charge is 2.20. The minimum atomic E-state index is -0.371. The molecule has 2 atom stereocenters. The first-order chi connectivity index (χ1) is 7.10. The smallest absolute Gasteiger partial charge is 0.124 e. The van der Waals surface area contributed by atoms with Crippen molar-refractivity contribution in [1.29, 1.82) is 5.26 Å². The third-order valence-electron chi connectivity index (χ3n) is 2.65. The molecule has 1 aromatic carbocycles. The van der Waals surface area contributed by atoms with Crippen LogP contribution in [0.15, 0.2) is 18.2 Å². The van der Waals surface area contributed by atoms with E-state index in [2.05, 4.69) is 6.07 Å². The van der Waals surface area contributed by atoms with Gasteiger partial charge in [-0.2, -0.15) is 5.26 Å². The molecule has 0 aliphatic carbocycles. The van der Waals surface area contributed by atoms with Crippen molar-refractivity contribution in [3.05, 3.63) is 34.6 Å². The van der Waals surface area contributed by atoms with Crippen molar-refractivity contribution in [1.82, 2.24) is 0 Å². The fourth-order valence-corrected chi connectivity index (χ4v) is 1.78. The van der Waals surface area contributed by atoms with Gasteiger partial charge in [0, 0.05) is 5.02 Å². The molecular formula is C12H13ClFN. The Labute approximate surface area is 94.5 Å². The number of benzene rings is 1. The van der Waals surface area contributed by atoms with E-state index in [4.69, 9.17) is 16.9 Å². The lowest BCUT2D eigenvalue weighted by molar-refractivity contribution is 0.513. The van der Waals surface area contributed by atoms with E-state index in [1.165, 1.54) is 12.1 Å². The van der Waals surface area contributed by atoms with Gasteiger partial charge in [0.25, 0.3) is 0 Å². The van der Waals surface area contributed by atoms with Crippen LogP contribution in [0.1, 0.15) is 31.7 Å². The monoisotopic (exact) mass is 225 g/mol. The van der Waals surface area contributed by atoms with Crippen molar-refractivity contribution in [2.75, 3.05) is 0 Å². The first kappa shape index (κ1) is 12.0. The normalized spacial score (nSPS) is 14.3. The van der Waals surface area contributed by atoms with Crippen LogP contribution in [0.3, 0.4) is 0 Å². The zero-order valence-corrected chi connectivity index (χ0v) is 9.55.